The van der Waals surface area contributed by atoms with Gasteiger partial charge >= 0.3 is 11.9 Å². The zero-order chi connectivity index (χ0) is 16.7. The molecule has 0 spiro atoms. The third-order valence-electron chi connectivity index (χ3n) is 2.71. The lowest BCUT2D eigenvalue weighted by molar-refractivity contribution is -0.147. The van der Waals surface area contributed by atoms with E-state index in [1.807, 2.05) is 0 Å². The quantitative estimate of drug-likeness (QED) is 0.589. The van der Waals surface area contributed by atoms with Gasteiger partial charge in [0.2, 0.25) is 0 Å². The Morgan fingerprint density at radius 2 is 1.95 bits per heavy atom. The highest BCUT2D eigenvalue weighted by atomic mass is 16.6. The van der Waals surface area contributed by atoms with Gasteiger partial charge in [-0.2, -0.15) is 0 Å². The lowest BCUT2D eigenvalue weighted by Crippen LogP contribution is -2.18. The van der Waals surface area contributed by atoms with E-state index in [2.05, 4.69) is 6.58 Å². The number of esters is 2. The van der Waals surface area contributed by atoms with E-state index in [1.165, 1.54) is 38.3 Å². The van der Waals surface area contributed by atoms with Crippen molar-refractivity contribution in [3.05, 3.63) is 52.2 Å². The number of carbonyl (C=O) groups excluding carboxylic acids is 2. The molecule has 0 fully saturated rings. The number of ether oxygens (including phenoxy) is 3. The summed E-state index contributed by atoms with van der Waals surface area (Å²) in [4.78, 5) is 34.7. The van der Waals surface area contributed by atoms with Gasteiger partial charge in [-0.1, -0.05) is 12.6 Å². The molecule has 1 atom stereocenters. The van der Waals surface area contributed by atoms with Crippen LogP contribution >= 0.6 is 0 Å². The van der Waals surface area contributed by atoms with Crippen LogP contribution in [-0.4, -0.2) is 25.7 Å². The zero-order valence-corrected chi connectivity index (χ0v) is 12.8. The van der Waals surface area contributed by atoms with E-state index in [-0.39, 0.29) is 23.4 Å². The Morgan fingerprint density at radius 3 is 2.50 bits per heavy atom. The summed E-state index contributed by atoms with van der Waals surface area (Å²) in [6.45, 7) is 6.67. The van der Waals surface area contributed by atoms with Crippen LogP contribution in [0.5, 0.6) is 5.75 Å². The van der Waals surface area contributed by atoms with Crippen molar-refractivity contribution in [2.45, 2.75) is 20.0 Å². The average molecular weight is 306 g/mol. The highest BCUT2D eigenvalue weighted by Gasteiger charge is 2.25. The Balaban J connectivity index is 3.31. The first-order valence-electron chi connectivity index (χ1n) is 6.61. The highest BCUT2D eigenvalue weighted by Crippen LogP contribution is 2.27. The van der Waals surface area contributed by atoms with Crippen molar-refractivity contribution in [1.82, 2.24) is 0 Å². The first kappa shape index (κ1) is 17.4. The summed E-state index contributed by atoms with van der Waals surface area (Å²) >= 11 is 0. The van der Waals surface area contributed by atoms with E-state index in [4.69, 9.17) is 14.2 Å². The Labute approximate surface area is 128 Å². The Bertz CT molecular complexity index is 635. The maximum absolute atomic E-state index is 11.8. The molecule has 0 aliphatic carbocycles. The highest BCUT2D eigenvalue weighted by molar-refractivity contribution is 5.89. The zero-order valence-electron chi connectivity index (χ0n) is 12.8. The summed E-state index contributed by atoms with van der Waals surface area (Å²) in [5.74, 6) is -0.997. The van der Waals surface area contributed by atoms with Gasteiger partial charge in [0.15, 0.2) is 11.5 Å². The molecule has 0 saturated carbocycles. The summed E-state index contributed by atoms with van der Waals surface area (Å²) in [5.41, 5.74) is 0.0522. The van der Waals surface area contributed by atoms with Crippen molar-refractivity contribution >= 4 is 11.9 Å². The molecule has 118 valence electrons. The van der Waals surface area contributed by atoms with Crippen molar-refractivity contribution in [3.8, 4) is 5.75 Å². The Kier molecular flexibility index (Phi) is 6.31. The number of methoxy groups -OCH3 is 1. The molecule has 6 heteroatoms. The third kappa shape index (κ3) is 4.73. The number of hydrogen-bond donors (Lipinski definition) is 0. The fourth-order valence-electron chi connectivity index (χ4n) is 1.74. The molecule has 22 heavy (non-hydrogen) atoms. The van der Waals surface area contributed by atoms with E-state index in [0.717, 1.165) is 0 Å². The molecule has 0 aliphatic heterocycles. The molecule has 0 aromatic heterocycles. The lowest BCUT2D eigenvalue weighted by atomic mass is 10.0. The van der Waals surface area contributed by atoms with Crippen molar-refractivity contribution < 1.29 is 23.8 Å². The van der Waals surface area contributed by atoms with E-state index < -0.39 is 18.0 Å². The fraction of sp³-hybridized carbons (Fsp3) is 0.312. The first-order chi connectivity index (χ1) is 10.4. The van der Waals surface area contributed by atoms with Crippen LogP contribution < -0.4 is 10.2 Å². The van der Waals surface area contributed by atoms with Gasteiger partial charge in [0.25, 0.3) is 0 Å². The van der Waals surface area contributed by atoms with Crippen molar-refractivity contribution in [2.24, 2.45) is 0 Å². The predicted octanol–water partition coefficient (Wildman–Crippen LogP) is 1.78. The minimum absolute atomic E-state index is 0.0437. The maximum Gasteiger partial charge on any atom is 0.337 e. The summed E-state index contributed by atoms with van der Waals surface area (Å²) in [6.07, 6.45) is -1.06. The smallest absolute Gasteiger partial charge is 0.337 e. The van der Waals surface area contributed by atoms with E-state index in [1.54, 1.807) is 6.92 Å². The van der Waals surface area contributed by atoms with Crippen molar-refractivity contribution in [1.29, 1.82) is 0 Å². The van der Waals surface area contributed by atoms with Gasteiger partial charge in [-0.3, -0.25) is 9.59 Å². The lowest BCUT2D eigenvalue weighted by Gasteiger charge is -2.18. The minimum Gasteiger partial charge on any atom is -0.497 e. The number of carbonyl (C=O) groups is 2. The van der Waals surface area contributed by atoms with Gasteiger partial charge in [-0.05, 0) is 19.1 Å². The molecule has 1 unspecified atom stereocenters. The molecule has 0 amide bonds. The van der Waals surface area contributed by atoms with Crippen LogP contribution in [0.25, 0.3) is 0 Å². The van der Waals surface area contributed by atoms with Crippen LogP contribution in [0.1, 0.15) is 25.5 Å². The number of rotatable bonds is 6. The summed E-state index contributed by atoms with van der Waals surface area (Å²) in [6, 6.07) is 5.51. The molecule has 1 aromatic carbocycles. The van der Waals surface area contributed by atoms with E-state index in [0.29, 0.717) is 5.56 Å². The second-order valence-electron chi connectivity index (χ2n) is 4.37. The van der Waals surface area contributed by atoms with Crippen LogP contribution in [0.4, 0.5) is 0 Å². The van der Waals surface area contributed by atoms with Gasteiger partial charge in [-0.25, -0.2) is 4.79 Å². The predicted molar refractivity (Wildman–Crippen MR) is 79.5 cm³/mol. The van der Waals surface area contributed by atoms with Crippen molar-refractivity contribution in [2.75, 3.05) is 13.7 Å². The van der Waals surface area contributed by atoms with Gasteiger partial charge in [0.05, 0.1) is 19.3 Å². The molecule has 1 aromatic rings. The van der Waals surface area contributed by atoms with Gasteiger partial charge in [0, 0.05) is 18.6 Å². The molecule has 0 N–H and O–H groups in total. The minimum atomic E-state index is -1.06. The molecule has 0 radical (unpaired) electrons. The van der Waals surface area contributed by atoms with Gasteiger partial charge in [-0.15, -0.1) is 0 Å². The van der Waals surface area contributed by atoms with Crippen LogP contribution in [-0.2, 0) is 19.1 Å². The van der Waals surface area contributed by atoms with Gasteiger partial charge in [0.1, 0.15) is 5.75 Å². The summed E-state index contributed by atoms with van der Waals surface area (Å²) < 4.78 is 15.1. The molecule has 0 aliphatic rings. The average Bonchev–Trinajstić information content (AvgIpc) is 2.65. The molecule has 0 bridgehead atoms. The normalized spacial score (nSPS) is 11.2. The third-order valence-corrected chi connectivity index (χ3v) is 2.71. The molecule has 0 saturated heterocycles. The van der Waals surface area contributed by atoms with Crippen molar-refractivity contribution in [3.63, 3.8) is 0 Å². The van der Waals surface area contributed by atoms with Crippen LogP contribution in [0, 0.1) is 0 Å². The number of hydrogen-bond acceptors (Lipinski definition) is 6. The summed E-state index contributed by atoms with van der Waals surface area (Å²) in [7, 11) is 1.40. The van der Waals surface area contributed by atoms with E-state index in [9.17, 15) is 14.4 Å². The summed E-state index contributed by atoms with van der Waals surface area (Å²) in [5, 5.41) is 0. The molecule has 0 heterocycles. The molecular formula is C16H18O6. The second kappa shape index (κ2) is 7.97. The molecule has 1 rings (SSSR count). The molecular weight excluding hydrogens is 288 g/mol. The largest absolute Gasteiger partial charge is 0.497 e. The Hall–Kier alpha value is -2.63. The van der Waals surface area contributed by atoms with Crippen LogP contribution in [0.15, 0.2) is 41.2 Å². The van der Waals surface area contributed by atoms with Crippen LogP contribution in [0.3, 0.4) is 0 Å². The fourth-order valence-corrected chi connectivity index (χ4v) is 1.74. The van der Waals surface area contributed by atoms with Crippen LogP contribution in [0.2, 0.25) is 0 Å². The monoisotopic (exact) mass is 306 g/mol. The second-order valence-corrected chi connectivity index (χ2v) is 4.37. The SMILES string of the molecule is C=C(C(=O)OCC)C(OC(C)=O)c1ccc(=O)cc(OC)c1. The standard InChI is InChI=1S/C16H18O6/c1-5-21-16(19)10(2)15(22-11(3)17)12-6-7-13(18)9-14(8-12)20-4/h6-9,15H,2,5H2,1,3-4H3. The topological polar surface area (TPSA) is 78.9 Å². The maximum atomic E-state index is 11.8. The van der Waals surface area contributed by atoms with Gasteiger partial charge < -0.3 is 14.2 Å². The van der Waals surface area contributed by atoms with E-state index >= 15 is 0 Å². The first-order valence-corrected chi connectivity index (χ1v) is 6.61. The molecule has 6 nitrogen and oxygen atoms in total. The Morgan fingerprint density at radius 1 is 1.27 bits per heavy atom.